The Bertz CT molecular complexity index is 1660. The molecule has 8 bridgehead atoms. The van der Waals surface area contributed by atoms with Gasteiger partial charge in [-0.25, -0.2) is 9.97 Å². The molecule has 0 spiro atoms. The van der Waals surface area contributed by atoms with Crippen molar-refractivity contribution in [3.05, 3.63) is 69.3 Å². The van der Waals surface area contributed by atoms with E-state index in [1.165, 1.54) is 73.9 Å². The van der Waals surface area contributed by atoms with Crippen LogP contribution in [-0.2, 0) is 12.8 Å². The molecule has 0 amide bonds. The van der Waals surface area contributed by atoms with Crippen molar-refractivity contribution < 1.29 is 0 Å². The summed E-state index contributed by atoms with van der Waals surface area (Å²) in [6.45, 7) is 13.4. The van der Waals surface area contributed by atoms with Crippen LogP contribution in [0.25, 0.3) is 44.4 Å². The van der Waals surface area contributed by atoms with E-state index in [0.717, 1.165) is 60.4 Å². The van der Waals surface area contributed by atoms with Gasteiger partial charge >= 0.3 is 0 Å². The molecule has 6 rings (SSSR count). The summed E-state index contributed by atoms with van der Waals surface area (Å²) in [6.07, 6.45) is 7.65. The van der Waals surface area contributed by atoms with Gasteiger partial charge in [0.2, 0.25) is 0 Å². The van der Waals surface area contributed by atoms with Gasteiger partial charge in [0, 0.05) is 22.1 Å². The molecule has 4 heteroatoms. The Hall–Kier alpha value is -3.40. The lowest BCUT2D eigenvalue weighted by atomic mass is 9.90. The van der Waals surface area contributed by atoms with Crippen molar-refractivity contribution in [3.63, 3.8) is 0 Å². The van der Waals surface area contributed by atoms with Crippen LogP contribution in [0.5, 0.6) is 0 Å². The molecule has 2 aliphatic heterocycles. The van der Waals surface area contributed by atoms with E-state index in [-0.39, 0.29) is 0 Å². The Morgan fingerprint density at radius 3 is 1.57 bits per heavy atom. The lowest BCUT2D eigenvalue weighted by Gasteiger charge is -2.13. The SMILES string of the molecule is CCC1=C(C)c2cc3[nH]c(cc4nc(cc5[nH]c(cc1n2)c(C)c5CC)C1=C4CCCC1)c(C)c3CC. The first-order valence-corrected chi connectivity index (χ1v) is 14.1. The van der Waals surface area contributed by atoms with Crippen molar-refractivity contribution in [2.45, 2.75) is 86.5 Å². The van der Waals surface area contributed by atoms with E-state index < -0.39 is 0 Å². The van der Waals surface area contributed by atoms with Gasteiger partial charge in [-0.3, -0.25) is 0 Å². The molecule has 1 aliphatic carbocycles. The second-order valence-electron chi connectivity index (χ2n) is 10.8. The maximum atomic E-state index is 5.26. The van der Waals surface area contributed by atoms with Crippen LogP contribution in [0, 0.1) is 13.8 Å². The summed E-state index contributed by atoms with van der Waals surface area (Å²) < 4.78 is 0. The fourth-order valence-electron chi connectivity index (χ4n) is 6.66. The molecule has 3 aromatic rings. The van der Waals surface area contributed by atoms with Crippen LogP contribution < -0.4 is 0 Å². The fraction of sp³-hybridized carbons (Fsp3) is 0.394. The van der Waals surface area contributed by atoms with E-state index in [1.54, 1.807) is 0 Å². The number of rotatable bonds is 3. The quantitative estimate of drug-likeness (QED) is 0.385. The van der Waals surface area contributed by atoms with Crippen LogP contribution in [0.15, 0.2) is 24.3 Å². The molecular formula is C33H38N4. The van der Waals surface area contributed by atoms with Gasteiger partial charge < -0.3 is 9.97 Å². The number of aromatic amines is 2. The van der Waals surface area contributed by atoms with Crippen LogP contribution in [0.1, 0.15) is 105 Å². The zero-order valence-electron chi connectivity index (χ0n) is 23.2. The third kappa shape index (κ3) is 3.80. The average molecular weight is 491 g/mol. The summed E-state index contributed by atoms with van der Waals surface area (Å²) in [5.74, 6) is 0. The van der Waals surface area contributed by atoms with Gasteiger partial charge in [-0.15, -0.1) is 0 Å². The number of H-pyrrole nitrogens is 2. The molecule has 0 saturated heterocycles. The van der Waals surface area contributed by atoms with Gasteiger partial charge in [-0.1, -0.05) is 20.8 Å². The number of nitrogens with one attached hydrogen (secondary N) is 2. The van der Waals surface area contributed by atoms with Gasteiger partial charge in [-0.05, 0) is 135 Å². The van der Waals surface area contributed by atoms with Crippen LogP contribution in [0.2, 0.25) is 0 Å². The fourth-order valence-corrected chi connectivity index (χ4v) is 6.66. The Kier molecular flexibility index (Phi) is 5.94. The summed E-state index contributed by atoms with van der Waals surface area (Å²) in [7, 11) is 0. The molecule has 0 radical (unpaired) electrons. The molecule has 0 saturated carbocycles. The summed E-state index contributed by atoms with van der Waals surface area (Å²) in [5.41, 5.74) is 20.0. The predicted octanol–water partition coefficient (Wildman–Crippen LogP) is 8.88. The van der Waals surface area contributed by atoms with Gasteiger partial charge in [0.1, 0.15) is 0 Å². The topological polar surface area (TPSA) is 57.4 Å². The molecule has 0 fully saturated rings. The predicted molar refractivity (Wildman–Crippen MR) is 157 cm³/mol. The monoisotopic (exact) mass is 490 g/mol. The molecule has 4 nitrogen and oxygen atoms in total. The maximum absolute atomic E-state index is 5.26. The third-order valence-electron chi connectivity index (χ3n) is 8.80. The van der Waals surface area contributed by atoms with Gasteiger partial charge in [0.15, 0.2) is 0 Å². The lowest BCUT2D eigenvalue weighted by molar-refractivity contribution is 0.756. The highest BCUT2D eigenvalue weighted by Gasteiger charge is 2.23. The lowest BCUT2D eigenvalue weighted by Crippen LogP contribution is -1.93. The zero-order valence-corrected chi connectivity index (χ0v) is 23.2. The summed E-state index contributed by atoms with van der Waals surface area (Å²) in [6, 6.07) is 9.14. The van der Waals surface area contributed by atoms with Crippen molar-refractivity contribution in [3.8, 4) is 0 Å². The first-order chi connectivity index (χ1) is 17.9. The van der Waals surface area contributed by atoms with Gasteiger partial charge in [0.05, 0.1) is 22.8 Å². The largest absolute Gasteiger partial charge is 0.355 e. The second kappa shape index (κ2) is 9.16. The third-order valence-corrected chi connectivity index (χ3v) is 8.80. The van der Waals surface area contributed by atoms with Crippen molar-refractivity contribution in [1.82, 2.24) is 19.9 Å². The molecular weight excluding hydrogens is 452 g/mol. The van der Waals surface area contributed by atoms with E-state index in [4.69, 9.17) is 9.97 Å². The van der Waals surface area contributed by atoms with E-state index in [9.17, 15) is 0 Å². The molecule has 0 aromatic carbocycles. The summed E-state index contributed by atoms with van der Waals surface area (Å²) in [4.78, 5) is 18.0. The Morgan fingerprint density at radius 1 is 0.595 bits per heavy atom. The van der Waals surface area contributed by atoms with E-state index in [0.29, 0.717) is 0 Å². The Morgan fingerprint density at radius 2 is 1.05 bits per heavy atom. The van der Waals surface area contributed by atoms with Crippen molar-refractivity contribution in [2.75, 3.05) is 0 Å². The van der Waals surface area contributed by atoms with Gasteiger partial charge in [0.25, 0.3) is 0 Å². The van der Waals surface area contributed by atoms with Crippen molar-refractivity contribution >= 4 is 44.4 Å². The number of allylic oxidation sites excluding steroid dienone is 4. The minimum Gasteiger partial charge on any atom is -0.355 e. The number of hydrogen-bond acceptors (Lipinski definition) is 2. The van der Waals surface area contributed by atoms with E-state index >= 15 is 0 Å². The first-order valence-electron chi connectivity index (χ1n) is 14.1. The molecule has 3 aromatic heterocycles. The highest BCUT2D eigenvalue weighted by Crippen LogP contribution is 2.41. The Balaban J connectivity index is 1.79. The molecule has 0 unspecified atom stereocenters. The first kappa shape index (κ1) is 24.0. The van der Waals surface area contributed by atoms with E-state index in [1.807, 2.05) is 0 Å². The van der Waals surface area contributed by atoms with Crippen LogP contribution in [0.3, 0.4) is 0 Å². The molecule has 0 atom stereocenters. The molecule has 5 heterocycles. The summed E-state index contributed by atoms with van der Waals surface area (Å²) in [5, 5.41) is 0. The standard InChI is InChI=1S/C33H38N4/c1-7-21-18(4)26-14-30-22(8-2)19(5)28(35-30)16-32-24-12-10-11-13-25(24)33(37-32)17-31-23(9-3)20(6)27(36-31)15-29(21)34-26/h14-17,35-36H,7-13H2,1-6H3. The number of aromatic nitrogens is 4. The second-order valence-corrected chi connectivity index (χ2v) is 10.8. The van der Waals surface area contributed by atoms with E-state index in [2.05, 4.69) is 75.8 Å². The van der Waals surface area contributed by atoms with Crippen molar-refractivity contribution in [1.29, 1.82) is 0 Å². The highest BCUT2D eigenvalue weighted by molar-refractivity contribution is 5.95. The summed E-state index contributed by atoms with van der Waals surface area (Å²) >= 11 is 0. The zero-order chi connectivity index (χ0) is 25.8. The molecule has 190 valence electrons. The number of hydrogen-bond donors (Lipinski definition) is 2. The minimum absolute atomic E-state index is 0.966. The van der Waals surface area contributed by atoms with Crippen LogP contribution in [0.4, 0.5) is 0 Å². The number of aryl methyl sites for hydroxylation is 4. The van der Waals surface area contributed by atoms with Crippen molar-refractivity contribution in [2.24, 2.45) is 0 Å². The minimum atomic E-state index is 0.966. The van der Waals surface area contributed by atoms with Gasteiger partial charge in [-0.2, -0.15) is 0 Å². The molecule has 3 aliphatic rings. The van der Waals surface area contributed by atoms with Crippen LogP contribution >= 0.6 is 0 Å². The highest BCUT2D eigenvalue weighted by atomic mass is 14.8. The normalized spacial score (nSPS) is 15.5. The average Bonchev–Trinajstić information content (AvgIpc) is 3.57. The maximum Gasteiger partial charge on any atom is 0.0693 e. The number of fused-ring (bicyclic) bond motifs is 10. The smallest absolute Gasteiger partial charge is 0.0693 e. The number of nitrogens with zero attached hydrogens (tertiary/aromatic N) is 2. The Labute approximate surface area is 220 Å². The van der Waals surface area contributed by atoms with Crippen LogP contribution in [-0.4, -0.2) is 19.9 Å². The molecule has 2 N–H and O–H groups in total. The molecule has 37 heavy (non-hydrogen) atoms.